The first-order valence-corrected chi connectivity index (χ1v) is 7.34. The van der Waals surface area contributed by atoms with Gasteiger partial charge in [-0.15, -0.1) is 0 Å². The van der Waals surface area contributed by atoms with Crippen molar-refractivity contribution in [3.05, 3.63) is 59.8 Å². The number of fused-ring (bicyclic) bond motifs is 1. The van der Waals surface area contributed by atoms with Gasteiger partial charge in [0.25, 0.3) is 5.91 Å². The number of amides is 1. The number of nitrogens with zero attached hydrogens (tertiary/aromatic N) is 1. The molecule has 0 saturated carbocycles. The van der Waals surface area contributed by atoms with Gasteiger partial charge in [0.15, 0.2) is 0 Å². The molecule has 0 aliphatic heterocycles. The second-order valence-corrected chi connectivity index (χ2v) is 5.08. The summed E-state index contributed by atoms with van der Waals surface area (Å²) in [6.07, 6.45) is 1.54. The number of ether oxygens (including phenoxy) is 2. The summed E-state index contributed by atoms with van der Waals surface area (Å²) < 4.78 is 10.4. The second kappa shape index (κ2) is 6.87. The average molecular weight is 323 g/mol. The van der Waals surface area contributed by atoms with Crippen molar-refractivity contribution in [2.24, 2.45) is 5.10 Å². The number of aromatic amines is 1. The monoisotopic (exact) mass is 323 g/mol. The molecule has 0 bridgehead atoms. The molecule has 1 amide bonds. The van der Waals surface area contributed by atoms with Crippen LogP contribution >= 0.6 is 0 Å². The van der Waals surface area contributed by atoms with Crippen LogP contribution in [0.2, 0.25) is 0 Å². The van der Waals surface area contributed by atoms with Crippen LogP contribution in [0.5, 0.6) is 11.5 Å². The molecule has 1 aromatic heterocycles. The number of hydrazone groups is 1. The number of benzene rings is 2. The number of methoxy groups -OCH3 is 2. The van der Waals surface area contributed by atoms with Crippen LogP contribution in [0.1, 0.15) is 16.1 Å². The highest BCUT2D eigenvalue weighted by atomic mass is 16.5. The predicted octanol–water partition coefficient (Wildman–Crippen LogP) is 2.95. The number of nitrogens with one attached hydrogen (secondary N) is 2. The average Bonchev–Trinajstić information content (AvgIpc) is 3.05. The lowest BCUT2D eigenvalue weighted by Crippen LogP contribution is -2.17. The number of hydrogen-bond donors (Lipinski definition) is 2. The highest BCUT2D eigenvalue weighted by Gasteiger charge is 2.09. The summed E-state index contributed by atoms with van der Waals surface area (Å²) in [6.45, 7) is 0. The molecule has 3 aromatic rings. The maximum Gasteiger partial charge on any atom is 0.287 e. The molecule has 0 unspecified atom stereocenters. The Labute approximate surface area is 139 Å². The maximum absolute atomic E-state index is 12.2. The van der Waals surface area contributed by atoms with E-state index in [1.54, 1.807) is 26.5 Å². The van der Waals surface area contributed by atoms with Gasteiger partial charge in [-0.1, -0.05) is 12.1 Å². The highest BCUT2D eigenvalue weighted by molar-refractivity contribution is 5.98. The van der Waals surface area contributed by atoms with Crippen LogP contribution in [0.25, 0.3) is 10.9 Å². The highest BCUT2D eigenvalue weighted by Crippen LogP contribution is 2.21. The summed E-state index contributed by atoms with van der Waals surface area (Å²) in [6, 6.07) is 14.8. The van der Waals surface area contributed by atoms with E-state index >= 15 is 0 Å². The Bertz CT molecular complexity index is 899. The first kappa shape index (κ1) is 15.6. The van der Waals surface area contributed by atoms with Crippen molar-refractivity contribution in [3.63, 3.8) is 0 Å². The number of carbonyl (C=O) groups excluding carboxylic acids is 1. The molecule has 0 fully saturated rings. The van der Waals surface area contributed by atoms with Gasteiger partial charge in [-0.05, 0) is 30.3 Å². The summed E-state index contributed by atoms with van der Waals surface area (Å²) in [7, 11) is 3.19. The van der Waals surface area contributed by atoms with E-state index < -0.39 is 0 Å². The molecular weight excluding hydrogens is 306 g/mol. The summed E-state index contributed by atoms with van der Waals surface area (Å²) in [5, 5.41) is 4.91. The first-order chi connectivity index (χ1) is 11.7. The third-order valence-corrected chi connectivity index (χ3v) is 3.58. The van der Waals surface area contributed by atoms with Crippen molar-refractivity contribution in [2.45, 2.75) is 0 Å². The minimum absolute atomic E-state index is 0.323. The molecule has 6 heteroatoms. The van der Waals surface area contributed by atoms with Gasteiger partial charge < -0.3 is 14.5 Å². The molecule has 0 aliphatic carbocycles. The molecule has 6 nitrogen and oxygen atoms in total. The Kier molecular flexibility index (Phi) is 4.47. The van der Waals surface area contributed by atoms with E-state index in [1.165, 1.54) is 0 Å². The Hall–Kier alpha value is -3.28. The lowest BCUT2D eigenvalue weighted by molar-refractivity contribution is 0.0951. The largest absolute Gasteiger partial charge is 0.497 e. The van der Waals surface area contributed by atoms with Crippen LogP contribution in [0.15, 0.2) is 53.6 Å². The van der Waals surface area contributed by atoms with Crippen LogP contribution < -0.4 is 14.9 Å². The van der Waals surface area contributed by atoms with Gasteiger partial charge in [0, 0.05) is 22.5 Å². The lowest BCUT2D eigenvalue weighted by Gasteiger charge is -2.02. The molecule has 0 radical (unpaired) electrons. The van der Waals surface area contributed by atoms with E-state index in [0.717, 1.165) is 22.2 Å². The van der Waals surface area contributed by atoms with Gasteiger partial charge in [-0.25, -0.2) is 5.43 Å². The van der Waals surface area contributed by atoms with Gasteiger partial charge in [-0.3, -0.25) is 4.79 Å². The standard InChI is InChI=1S/C18H17N3O3/c1-23-14-8-7-12-9-16(20-15(12)10-14)18(22)21-19-11-13-5-3-4-6-17(13)24-2/h3-11,20H,1-2H3,(H,21,22)/b19-11-. The number of rotatable bonds is 5. The molecule has 24 heavy (non-hydrogen) atoms. The zero-order valence-electron chi connectivity index (χ0n) is 13.4. The van der Waals surface area contributed by atoms with Crippen molar-refractivity contribution in [3.8, 4) is 11.5 Å². The summed E-state index contributed by atoms with van der Waals surface area (Å²) in [5.41, 5.74) is 4.53. The van der Waals surface area contributed by atoms with E-state index in [2.05, 4.69) is 15.5 Å². The molecule has 0 aliphatic rings. The van der Waals surface area contributed by atoms with Gasteiger partial charge in [0.1, 0.15) is 17.2 Å². The fraction of sp³-hybridized carbons (Fsp3) is 0.111. The number of carbonyl (C=O) groups is 1. The van der Waals surface area contributed by atoms with Crippen molar-refractivity contribution < 1.29 is 14.3 Å². The molecular formula is C18H17N3O3. The number of aromatic nitrogens is 1. The molecule has 3 rings (SSSR count). The fourth-order valence-corrected chi connectivity index (χ4v) is 2.35. The van der Waals surface area contributed by atoms with Gasteiger partial charge in [-0.2, -0.15) is 5.10 Å². The first-order valence-electron chi connectivity index (χ1n) is 7.34. The summed E-state index contributed by atoms with van der Waals surface area (Å²) in [4.78, 5) is 15.2. The van der Waals surface area contributed by atoms with Gasteiger partial charge in [0.05, 0.1) is 20.4 Å². The Morgan fingerprint density at radius 2 is 1.96 bits per heavy atom. The Morgan fingerprint density at radius 3 is 2.75 bits per heavy atom. The van der Waals surface area contributed by atoms with E-state index in [1.807, 2.05) is 42.5 Å². The second-order valence-electron chi connectivity index (χ2n) is 5.08. The minimum atomic E-state index is -0.323. The van der Waals surface area contributed by atoms with Crippen molar-refractivity contribution in [1.29, 1.82) is 0 Å². The zero-order chi connectivity index (χ0) is 16.9. The van der Waals surface area contributed by atoms with Crippen LogP contribution in [-0.2, 0) is 0 Å². The third-order valence-electron chi connectivity index (χ3n) is 3.58. The normalized spacial score (nSPS) is 10.9. The summed E-state index contributed by atoms with van der Waals surface area (Å²) >= 11 is 0. The molecule has 122 valence electrons. The van der Waals surface area contributed by atoms with Crippen molar-refractivity contribution >= 4 is 23.0 Å². The SMILES string of the molecule is COc1ccc2cc(C(=O)N/N=C\c3ccccc3OC)[nH]c2c1. The number of hydrogen-bond acceptors (Lipinski definition) is 4. The topological polar surface area (TPSA) is 75.7 Å². The Morgan fingerprint density at radius 1 is 1.12 bits per heavy atom. The number of para-hydroxylation sites is 1. The smallest absolute Gasteiger partial charge is 0.287 e. The quantitative estimate of drug-likeness (QED) is 0.560. The van der Waals surface area contributed by atoms with Crippen LogP contribution in [0, 0.1) is 0 Å². The van der Waals surface area contributed by atoms with Crippen LogP contribution in [-0.4, -0.2) is 31.3 Å². The van der Waals surface area contributed by atoms with Gasteiger partial charge in [0.2, 0.25) is 0 Å². The van der Waals surface area contributed by atoms with E-state index in [4.69, 9.17) is 9.47 Å². The van der Waals surface area contributed by atoms with E-state index in [-0.39, 0.29) is 5.91 Å². The zero-order valence-corrected chi connectivity index (χ0v) is 13.4. The minimum Gasteiger partial charge on any atom is -0.497 e. The fourth-order valence-electron chi connectivity index (χ4n) is 2.35. The van der Waals surface area contributed by atoms with Crippen LogP contribution in [0.3, 0.4) is 0 Å². The Balaban J connectivity index is 1.74. The molecule has 0 spiro atoms. The lowest BCUT2D eigenvalue weighted by atomic mass is 10.2. The molecule has 1 heterocycles. The maximum atomic E-state index is 12.2. The van der Waals surface area contributed by atoms with Gasteiger partial charge >= 0.3 is 0 Å². The predicted molar refractivity (Wildman–Crippen MR) is 92.9 cm³/mol. The molecule has 0 saturated heterocycles. The molecule has 0 atom stereocenters. The van der Waals surface area contributed by atoms with Crippen molar-refractivity contribution in [2.75, 3.05) is 14.2 Å². The van der Waals surface area contributed by atoms with Crippen LogP contribution in [0.4, 0.5) is 0 Å². The van der Waals surface area contributed by atoms with Crippen molar-refractivity contribution in [1.82, 2.24) is 10.4 Å². The van der Waals surface area contributed by atoms with E-state index in [9.17, 15) is 4.79 Å². The van der Waals surface area contributed by atoms with E-state index in [0.29, 0.717) is 11.4 Å². The summed E-state index contributed by atoms with van der Waals surface area (Å²) in [5.74, 6) is 1.09. The number of H-pyrrole nitrogens is 1. The third kappa shape index (κ3) is 3.22. The molecule has 2 aromatic carbocycles. The molecule has 2 N–H and O–H groups in total.